The lowest BCUT2D eigenvalue weighted by Gasteiger charge is -2.22. The smallest absolute Gasteiger partial charge is 0.251 e. The number of hydrogen-bond acceptors (Lipinski definition) is 5. The number of carbonyl (C=O) groups excluding carboxylic acids is 2. The Balaban J connectivity index is 1.51. The molecule has 0 aliphatic heterocycles. The van der Waals surface area contributed by atoms with Gasteiger partial charge < -0.3 is 11.1 Å². The van der Waals surface area contributed by atoms with Gasteiger partial charge in [-0.1, -0.05) is 12.1 Å². The molecule has 12 heteroatoms. The first-order valence-corrected chi connectivity index (χ1v) is 12.2. The van der Waals surface area contributed by atoms with Crippen molar-refractivity contribution < 1.29 is 22.8 Å². The summed E-state index contributed by atoms with van der Waals surface area (Å²) in [5, 5.41) is 7.01. The average molecular weight is 530 g/mol. The summed E-state index contributed by atoms with van der Waals surface area (Å²) < 4.78 is 43.6. The summed E-state index contributed by atoms with van der Waals surface area (Å²) in [6.45, 7) is -0.186. The largest absolute Gasteiger partial charge is 0.366 e. The molecule has 8 nitrogen and oxygen atoms in total. The third kappa shape index (κ3) is 6.00. The third-order valence-corrected chi connectivity index (χ3v) is 6.36. The van der Waals surface area contributed by atoms with Crippen LogP contribution in [0.1, 0.15) is 52.2 Å². The van der Waals surface area contributed by atoms with Crippen molar-refractivity contribution in [1.29, 1.82) is 0 Å². The Bertz CT molecular complexity index is 1550. The van der Waals surface area contributed by atoms with Crippen LogP contribution in [-0.2, 0) is 17.8 Å². The van der Waals surface area contributed by atoms with E-state index in [1.807, 2.05) is 0 Å². The van der Waals surface area contributed by atoms with E-state index in [0.29, 0.717) is 22.6 Å². The minimum Gasteiger partial charge on any atom is -0.366 e. The van der Waals surface area contributed by atoms with Gasteiger partial charge in [-0.25, -0.2) is 22.8 Å². The fourth-order valence-corrected chi connectivity index (χ4v) is 4.51. The van der Waals surface area contributed by atoms with Gasteiger partial charge in [0, 0.05) is 23.7 Å². The summed E-state index contributed by atoms with van der Waals surface area (Å²) in [6, 6.07) is 9.36. The zero-order chi connectivity index (χ0) is 27.7. The number of nitrogens with one attached hydrogen (secondary N) is 1. The highest BCUT2D eigenvalue weighted by Crippen LogP contribution is 2.38. The molecule has 2 radical (unpaired) electrons. The number of pyridine rings is 1. The summed E-state index contributed by atoms with van der Waals surface area (Å²) in [5.74, 6) is -2.92. The molecular formula is C27H22BF3N6O2. The number of rotatable bonds is 9. The summed E-state index contributed by atoms with van der Waals surface area (Å²) >= 11 is 0. The van der Waals surface area contributed by atoms with Crippen LogP contribution in [0.25, 0.3) is 11.1 Å². The average Bonchev–Trinajstić information content (AvgIpc) is 3.65. The highest BCUT2D eigenvalue weighted by molar-refractivity contribution is 6.28. The predicted octanol–water partition coefficient (Wildman–Crippen LogP) is 2.63. The molecule has 1 aliphatic rings. The molecule has 39 heavy (non-hydrogen) atoms. The molecule has 5 rings (SSSR count). The number of hydrogen-bond donors (Lipinski definition) is 2. The number of primary amides is 1. The van der Waals surface area contributed by atoms with E-state index in [1.165, 1.54) is 23.0 Å². The zero-order valence-corrected chi connectivity index (χ0v) is 20.6. The Morgan fingerprint density at radius 1 is 1.10 bits per heavy atom. The molecule has 2 amide bonds. The van der Waals surface area contributed by atoms with Crippen LogP contribution in [0.15, 0.2) is 54.7 Å². The van der Waals surface area contributed by atoms with Gasteiger partial charge in [0.1, 0.15) is 29.8 Å². The number of nitrogens with zero attached hydrogens (tertiary/aromatic N) is 4. The van der Waals surface area contributed by atoms with Crippen LogP contribution in [0.3, 0.4) is 0 Å². The molecule has 1 aliphatic carbocycles. The second-order valence-corrected chi connectivity index (χ2v) is 9.36. The number of halogens is 3. The van der Waals surface area contributed by atoms with Crippen molar-refractivity contribution in [2.75, 3.05) is 0 Å². The fraction of sp³-hybridized carbons (Fsp3) is 0.222. The van der Waals surface area contributed by atoms with Gasteiger partial charge in [-0.3, -0.25) is 14.6 Å². The molecule has 2 aromatic heterocycles. The SMILES string of the molecule is [B]c1nc(C2CC2)n(CC(=O)N[C@@H](Cc2cc(F)cc(F)c2)c2ncccc2-c2ccc(F)c(C(N)=O)c2)n1. The second kappa shape index (κ2) is 10.7. The van der Waals surface area contributed by atoms with Gasteiger partial charge >= 0.3 is 0 Å². The molecule has 1 saturated carbocycles. The lowest BCUT2D eigenvalue weighted by Crippen LogP contribution is -2.34. The van der Waals surface area contributed by atoms with E-state index >= 15 is 0 Å². The van der Waals surface area contributed by atoms with Gasteiger partial charge in [-0.2, -0.15) is 5.10 Å². The van der Waals surface area contributed by atoms with Crippen LogP contribution in [0.4, 0.5) is 13.2 Å². The minimum atomic E-state index is -0.946. The summed E-state index contributed by atoms with van der Waals surface area (Å²) in [4.78, 5) is 33.6. The molecule has 0 unspecified atom stereocenters. The molecule has 2 heterocycles. The van der Waals surface area contributed by atoms with Crippen LogP contribution < -0.4 is 16.8 Å². The van der Waals surface area contributed by atoms with E-state index in [1.54, 1.807) is 12.1 Å². The molecule has 0 spiro atoms. The quantitative estimate of drug-likeness (QED) is 0.323. The number of nitrogens with two attached hydrogens (primary N) is 1. The molecule has 196 valence electrons. The molecule has 0 saturated heterocycles. The first kappa shape index (κ1) is 26.1. The van der Waals surface area contributed by atoms with Crippen molar-refractivity contribution in [2.45, 2.75) is 37.8 Å². The van der Waals surface area contributed by atoms with Crippen LogP contribution in [0.2, 0.25) is 0 Å². The Morgan fingerprint density at radius 3 is 2.54 bits per heavy atom. The Labute approximate surface area is 222 Å². The summed E-state index contributed by atoms with van der Waals surface area (Å²) in [6.07, 6.45) is 3.32. The molecule has 1 atom stereocenters. The minimum absolute atomic E-state index is 0.0245. The maximum Gasteiger partial charge on any atom is 0.251 e. The van der Waals surface area contributed by atoms with E-state index in [9.17, 15) is 22.8 Å². The van der Waals surface area contributed by atoms with Crippen molar-refractivity contribution in [3.8, 4) is 11.1 Å². The molecule has 2 aromatic carbocycles. The molecule has 4 aromatic rings. The van der Waals surface area contributed by atoms with Gasteiger partial charge in [0.05, 0.1) is 23.0 Å². The Kier molecular flexibility index (Phi) is 7.18. The Hall–Kier alpha value is -4.48. The van der Waals surface area contributed by atoms with E-state index in [-0.39, 0.29) is 35.7 Å². The monoisotopic (exact) mass is 530 g/mol. The van der Waals surface area contributed by atoms with E-state index in [0.717, 1.165) is 37.1 Å². The lowest BCUT2D eigenvalue weighted by molar-refractivity contribution is -0.122. The van der Waals surface area contributed by atoms with Crippen molar-refractivity contribution >= 4 is 25.4 Å². The van der Waals surface area contributed by atoms with Crippen molar-refractivity contribution in [1.82, 2.24) is 25.1 Å². The normalized spacial score (nSPS) is 13.7. The standard InChI is InChI=1S/C27H22BF3N6O2/c28-27-35-26(15-3-4-15)37(36-27)13-23(38)34-22(10-14-8-17(29)12-18(30)9-14)24-19(2-1-7-33-24)16-5-6-21(31)20(11-16)25(32)39/h1-2,5-9,11-12,15,22H,3-4,10,13H2,(H2,32,39)(H,34,38)/t22-/m0/s1. The van der Waals surface area contributed by atoms with Crippen LogP contribution in [-0.4, -0.2) is 39.4 Å². The summed E-state index contributed by atoms with van der Waals surface area (Å²) in [5.41, 5.74) is 6.55. The first-order valence-electron chi connectivity index (χ1n) is 12.2. The van der Waals surface area contributed by atoms with E-state index < -0.39 is 35.3 Å². The lowest BCUT2D eigenvalue weighted by atomic mass is 9.94. The van der Waals surface area contributed by atoms with Crippen molar-refractivity contribution in [3.05, 3.63) is 94.8 Å². The van der Waals surface area contributed by atoms with Crippen molar-refractivity contribution in [3.63, 3.8) is 0 Å². The number of benzene rings is 2. The van der Waals surface area contributed by atoms with Gasteiger partial charge in [0.25, 0.3) is 5.91 Å². The van der Waals surface area contributed by atoms with Crippen LogP contribution >= 0.6 is 0 Å². The van der Waals surface area contributed by atoms with Crippen LogP contribution in [0.5, 0.6) is 0 Å². The van der Waals surface area contributed by atoms with Gasteiger partial charge in [-0.15, -0.1) is 0 Å². The molecular weight excluding hydrogens is 508 g/mol. The topological polar surface area (TPSA) is 116 Å². The number of carbonyl (C=O) groups is 2. The van der Waals surface area contributed by atoms with E-state index in [4.69, 9.17) is 13.6 Å². The van der Waals surface area contributed by atoms with Crippen molar-refractivity contribution in [2.24, 2.45) is 5.73 Å². The maximum absolute atomic E-state index is 14.2. The van der Waals surface area contributed by atoms with Crippen LogP contribution in [0, 0.1) is 17.5 Å². The van der Waals surface area contributed by atoms with Gasteiger partial charge in [0.15, 0.2) is 7.85 Å². The zero-order valence-electron chi connectivity index (χ0n) is 20.6. The van der Waals surface area contributed by atoms with E-state index in [2.05, 4.69) is 20.4 Å². The number of aromatic nitrogens is 4. The second-order valence-electron chi connectivity index (χ2n) is 9.36. The van der Waals surface area contributed by atoms with Gasteiger partial charge in [-0.05, 0) is 60.7 Å². The third-order valence-electron chi connectivity index (χ3n) is 6.36. The first-order chi connectivity index (χ1) is 18.7. The molecule has 3 N–H and O–H groups in total. The van der Waals surface area contributed by atoms with Gasteiger partial charge in [0.2, 0.25) is 5.91 Å². The molecule has 1 fully saturated rings. The highest BCUT2D eigenvalue weighted by atomic mass is 19.1. The molecule has 0 bridgehead atoms. The predicted molar refractivity (Wildman–Crippen MR) is 136 cm³/mol. The highest BCUT2D eigenvalue weighted by Gasteiger charge is 2.30. The number of amides is 2. The Morgan fingerprint density at radius 2 is 1.85 bits per heavy atom. The summed E-state index contributed by atoms with van der Waals surface area (Å²) in [7, 11) is 5.76. The maximum atomic E-state index is 14.2. The fourth-order valence-electron chi connectivity index (χ4n) is 4.51.